The number of piperazine rings is 1. The van der Waals surface area contributed by atoms with Crippen LogP contribution in [0, 0.1) is 0 Å². The van der Waals surface area contributed by atoms with E-state index in [1.54, 1.807) is 4.90 Å². The lowest BCUT2D eigenvalue weighted by molar-refractivity contribution is 0.0708. The van der Waals surface area contributed by atoms with Crippen molar-refractivity contribution in [2.24, 2.45) is 0 Å². The zero-order chi connectivity index (χ0) is 14.9. The van der Waals surface area contributed by atoms with Gasteiger partial charge in [0.2, 0.25) is 5.09 Å². The first kappa shape index (κ1) is 15.0. The number of hydrogen-bond donors (Lipinski definition) is 1. The first-order valence-corrected chi connectivity index (χ1v) is 7.80. The largest absolute Gasteiger partial charge is 0.451 e. The molecular weight excluding hydrogens is 282 g/mol. The molecule has 0 spiro atoms. The number of sulfonamides is 1. The Hall–Kier alpha value is -1.38. The maximum Gasteiger partial charge on any atom is 0.275 e. The first-order valence-electron chi connectivity index (χ1n) is 6.36. The Morgan fingerprint density at radius 1 is 1.50 bits per heavy atom. The molecule has 1 atom stereocenters. The van der Waals surface area contributed by atoms with Gasteiger partial charge in [-0.2, -0.15) is 0 Å². The van der Waals surface area contributed by atoms with Crippen molar-refractivity contribution in [3.63, 3.8) is 0 Å². The molecule has 1 saturated heterocycles. The number of carbonyl (C=O) groups is 1. The van der Waals surface area contributed by atoms with Crippen LogP contribution in [0.1, 0.15) is 17.3 Å². The predicted molar refractivity (Wildman–Crippen MR) is 72.9 cm³/mol. The number of nitrogens with zero attached hydrogens (tertiary/aromatic N) is 2. The highest BCUT2D eigenvalue weighted by Crippen LogP contribution is 2.18. The van der Waals surface area contributed by atoms with E-state index >= 15 is 0 Å². The van der Waals surface area contributed by atoms with Crippen LogP contribution < -0.4 is 5.32 Å². The highest BCUT2D eigenvalue weighted by molar-refractivity contribution is 7.88. The van der Waals surface area contributed by atoms with Crippen LogP contribution in [0.15, 0.2) is 21.8 Å². The third-order valence-corrected chi connectivity index (χ3v) is 4.90. The molecular formula is C12H19N3O4S. The standard InChI is InChI=1S/C12H19N3O4S/c1-9-7-15(5-4-13-9)12(16)10-6-11(19-8-10)20(17,18)14(2)3/h6,8-9,13H,4-5,7H2,1-3H3/t9-/m1/s1. The molecule has 1 aromatic rings. The highest BCUT2D eigenvalue weighted by Gasteiger charge is 2.27. The Bertz CT molecular complexity index is 594. The smallest absolute Gasteiger partial charge is 0.275 e. The molecule has 0 aliphatic carbocycles. The second-order valence-electron chi connectivity index (χ2n) is 5.05. The monoisotopic (exact) mass is 301 g/mol. The summed E-state index contributed by atoms with van der Waals surface area (Å²) in [6.45, 7) is 3.92. The Balaban J connectivity index is 2.19. The molecule has 0 aromatic carbocycles. The summed E-state index contributed by atoms with van der Waals surface area (Å²) < 4.78 is 29.9. The molecule has 1 N–H and O–H groups in total. The fourth-order valence-corrected chi connectivity index (χ4v) is 2.85. The van der Waals surface area contributed by atoms with Crippen LogP contribution in [-0.2, 0) is 10.0 Å². The summed E-state index contributed by atoms with van der Waals surface area (Å²) in [5.41, 5.74) is 0.263. The third kappa shape index (κ3) is 2.87. The minimum absolute atomic E-state index is 0.206. The average Bonchev–Trinajstić information content (AvgIpc) is 2.87. The predicted octanol–water partition coefficient (Wildman–Crippen LogP) is -0.0362. The Morgan fingerprint density at radius 3 is 2.80 bits per heavy atom. The van der Waals surface area contributed by atoms with Crippen LogP contribution in [0.2, 0.25) is 0 Å². The lowest BCUT2D eigenvalue weighted by atomic mass is 10.2. The van der Waals surface area contributed by atoms with Crippen molar-refractivity contribution in [1.82, 2.24) is 14.5 Å². The summed E-state index contributed by atoms with van der Waals surface area (Å²) in [4.78, 5) is 14.0. The van der Waals surface area contributed by atoms with E-state index < -0.39 is 10.0 Å². The van der Waals surface area contributed by atoms with E-state index in [9.17, 15) is 13.2 Å². The quantitative estimate of drug-likeness (QED) is 0.847. The molecule has 20 heavy (non-hydrogen) atoms. The molecule has 8 heteroatoms. The molecule has 0 radical (unpaired) electrons. The molecule has 0 bridgehead atoms. The summed E-state index contributed by atoms with van der Waals surface area (Å²) in [6, 6.07) is 1.51. The van der Waals surface area contributed by atoms with E-state index in [2.05, 4.69) is 5.32 Å². The van der Waals surface area contributed by atoms with E-state index in [4.69, 9.17) is 4.42 Å². The van der Waals surface area contributed by atoms with Crippen molar-refractivity contribution >= 4 is 15.9 Å². The van der Waals surface area contributed by atoms with Gasteiger partial charge in [-0.05, 0) is 6.92 Å². The fourth-order valence-electron chi connectivity index (χ4n) is 2.04. The number of rotatable bonds is 3. The number of amides is 1. The molecule has 2 heterocycles. The van der Waals surface area contributed by atoms with Crippen LogP contribution in [0.4, 0.5) is 0 Å². The van der Waals surface area contributed by atoms with Gasteiger partial charge in [-0.15, -0.1) is 0 Å². The van der Waals surface area contributed by atoms with Gasteiger partial charge in [0.25, 0.3) is 15.9 Å². The molecule has 7 nitrogen and oxygen atoms in total. The van der Waals surface area contributed by atoms with Crippen molar-refractivity contribution < 1.29 is 17.6 Å². The molecule has 1 fully saturated rings. The van der Waals surface area contributed by atoms with Gasteiger partial charge < -0.3 is 14.6 Å². The van der Waals surface area contributed by atoms with Crippen LogP contribution in [-0.4, -0.2) is 63.3 Å². The maximum absolute atomic E-state index is 12.3. The van der Waals surface area contributed by atoms with Crippen molar-refractivity contribution in [3.8, 4) is 0 Å². The molecule has 112 valence electrons. The number of nitrogens with one attached hydrogen (secondary N) is 1. The second kappa shape index (κ2) is 5.55. The van der Waals surface area contributed by atoms with Crippen molar-refractivity contribution in [2.45, 2.75) is 18.1 Å². The summed E-state index contributed by atoms with van der Waals surface area (Å²) in [7, 11) is -0.819. The molecule has 1 amide bonds. The second-order valence-corrected chi connectivity index (χ2v) is 7.13. The topological polar surface area (TPSA) is 82.9 Å². The average molecular weight is 301 g/mol. The van der Waals surface area contributed by atoms with Crippen molar-refractivity contribution in [2.75, 3.05) is 33.7 Å². The van der Waals surface area contributed by atoms with E-state index in [1.165, 1.54) is 26.4 Å². The molecule has 2 rings (SSSR count). The van der Waals surface area contributed by atoms with Crippen LogP contribution in [0.3, 0.4) is 0 Å². The van der Waals surface area contributed by atoms with Gasteiger partial charge in [0.15, 0.2) is 0 Å². The summed E-state index contributed by atoms with van der Waals surface area (Å²) in [6.07, 6.45) is 1.20. The number of hydrogen-bond acceptors (Lipinski definition) is 5. The first-order chi connectivity index (χ1) is 9.32. The SMILES string of the molecule is C[C@@H]1CN(C(=O)c2coc(S(=O)(=O)N(C)C)c2)CCN1. The zero-order valence-corrected chi connectivity index (χ0v) is 12.6. The minimum atomic E-state index is -3.65. The molecule has 0 saturated carbocycles. The van der Waals surface area contributed by atoms with E-state index in [0.717, 1.165) is 10.8 Å². The number of furan rings is 1. The van der Waals surface area contributed by atoms with Crippen molar-refractivity contribution in [3.05, 3.63) is 17.9 Å². The maximum atomic E-state index is 12.3. The van der Waals surface area contributed by atoms with Crippen LogP contribution >= 0.6 is 0 Å². The highest BCUT2D eigenvalue weighted by atomic mass is 32.2. The molecule has 0 unspecified atom stereocenters. The molecule has 1 aliphatic rings. The summed E-state index contributed by atoms with van der Waals surface area (Å²) in [5, 5.41) is 3.03. The normalized spacial score (nSPS) is 20.4. The molecule has 1 aromatic heterocycles. The number of carbonyl (C=O) groups excluding carboxylic acids is 1. The summed E-state index contributed by atoms with van der Waals surface area (Å²) >= 11 is 0. The van der Waals surface area contributed by atoms with Crippen LogP contribution in [0.5, 0.6) is 0 Å². The Kier molecular flexibility index (Phi) is 4.17. The van der Waals surface area contributed by atoms with Gasteiger partial charge in [-0.3, -0.25) is 4.79 Å². The Labute approximate surface area is 118 Å². The van der Waals surface area contributed by atoms with Crippen LogP contribution in [0.25, 0.3) is 0 Å². The van der Waals surface area contributed by atoms with E-state index in [-0.39, 0.29) is 22.6 Å². The Morgan fingerprint density at radius 2 is 2.20 bits per heavy atom. The van der Waals surface area contributed by atoms with E-state index in [1.807, 2.05) is 6.92 Å². The van der Waals surface area contributed by atoms with Crippen molar-refractivity contribution in [1.29, 1.82) is 0 Å². The lowest BCUT2D eigenvalue weighted by Gasteiger charge is -2.31. The minimum Gasteiger partial charge on any atom is -0.451 e. The van der Waals surface area contributed by atoms with E-state index in [0.29, 0.717) is 13.1 Å². The fraction of sp³-hybridized carbons (Fsp3) is 0.583. The molecule has 1 aliphatic heterocycles. The lowest BCUT2D eigenvalue weighted by Crippen LogP contribution is -2.51. The van der Waals surface area contributed by atoms with Gasteiger partial charge in [0.05, 0.1) is 5.56 Å². The third-order valence-electron chi connectivity index (χ3n) is 3.21. The van der Waals surface area contributed by atoms with Gasteiger partial charge >= 0.3 is 0 Å². The van der Waals surface area contributed by atoms with Gasteiger partial charge in [0.1, 0.15) is 6.26 Å². The summed E-state index contributed by atoms with van der Waals surface area (Å²) in [5.74, 6) is -0.206. The van der Waals surface area contributed by atoms with Gasteiger partial charge in [-0.1, -0.05) is 0 Å². The van der Waals surface area contributed by atoms with Gasteiger partial charge in [-0.25, -0.2) is 12.7 Å². The van der Waals surface area contributed by atoms with Gasteiger partial charge in [0, 0.05) is 45.8 Å². The zero-order valence-electron chi connectivity index (χ0n) is 11.8.